The number of hydrogen-bond acceptors (Lipinski definition) is 2. The van der Waals surface area contributed by atoms with Crippen LogP contribution < -0.4 is 0 Å². The monoisotopic (exact) mass is 206 g/mol. The van der Waals surface area contributed by atoms with E-state index < -0.39 is 5.41 Å². The number of benzene rings is 1. The lowest BCUT2D eigenvalue weighted by Gasteiger charge is -2.17. The van der Waals surface area contributed by atoms with Gasteiger partial charge in [-0.2, -0.15) is 0 Å². The normalized spacial score (nSPS) is 11.5. The molecule has 0 spiro atoms. The van der Waals surface area contributed by atoms with Crippen LogP contribution in [0.4, 0.5) is 0 Å². The minimum Gasteiger partial charge on any atom is -0.507 e. The average Bonchev–Trinajstić information content (AvgIpc) is 2.16. The van der Waals surface area contributed by atoms with Crippen LogP contribution in [0, 0.1) is 5.41 Å². The molecule has 0 aliphatic heterocycles. The molecular weight excluding hydrogens is 188 g/mol. The zero-order valence-electron chi connectivity index (χ0n) is 9.79. The maximum absolute atomic E-state index is 12.0. The van der Waals surface area contributed by atoms with Gasteiger partial charge in [-0.25, -0.2) is 0 Å². The highest BCUT2D eigenvalue weighted by molar-refractivity contribution is 6.02. The second-order valence-corrected chi connectivity index (χ2v) is 4.78. The Morgan fingerprint density at radius 1 is 1.33 bits per heavy atom. The van der Waals surface area contributed by atoms with E-state index in [1.165, 1.54) is 0 Å². The van der Waals surface area contributed by atoms with Gasteiger partial charge in [-0.05, 0) is 24.1 Å². The van der Waals surface area contributed by atoms with Gasteiger partial charge in [0.25, 0.3) is 0 Å². The van der Waals surface area contributed by atoms with E-state index >= 15 is 0 Å². The van der Waals surface area contributed by atoms with Gasteiger partial charge in [-0.15, -0.1) is 0 Å². The van der Waals surface area contributed by atoms with E-state index in [1.807, 2.05) is 33.8 Å². The third-order valence-electron chi connectivity index (χ3n) is 2.40. The SMILES string of the molecule is CCc1ccc(O)c(C(=O)C(C)(C)C)c1. The maximum Gasteiger partial charge on any atom is 0.171 e. The van der Waals surface area contributed by atoms with E-state index in [0.29, 0.717) is 5.56 Å². The van der Waals surface area contributed by atoms with Crippen LogP contribution in [0.3, 0.4) is 0 Å². The van der Waals surface area contributed by atoms with E-state index in [2.05, 4.69) is 0 Å². The summed E-state index contributed by atoms with van der Waals surface area (Å²) in [5, 5.41) is 9.64. The number of hydrogen-bond donors (Lipinski definition) is 1. The van der Waals surface area contributed by atoms with Crippen molar-refractivity contribution in [2.75, 3.05) is 0 Å². The molecule has 1 N–H and O–H groups in total. The van der Waals surface area contributed by atoms with E-state index in [0.717, 1.165) is 12.0 Å². The van der Waals surface area contributed by atoms with Crippen molar-refractivity contribution in [1.29, 1.82) is 0 Å². The zero-order chi connectivity index (χ0) is 11.6. The lowest BCUT2D eigenvalue weighted by atomic mass is 9.85. The molecular formula is C13H18O2. The van der Waals surface area contributed by atoms with Crippen molar-refractivity contribution in [3.63, 3.8) is 0 Å². The molecule has 82 valence electrons. The summed E-state index contributed by atoms with van der Waals surface area (Å²) in [5.74, 6) is 0.0578. The van der Waals surface area contributed by atoms with Crippen molar-refractivity contribution in [2.45, 2.75) is 34.1 Å². The summed E-state index contributed by atoms with van der Waals surface area (Å²) in [7, 11) is 0. The first-order valence-corrected chi connectivity index (χ1v) is 5.23. The van der Waals surface area contributed by atoms with Crippen LogP contribution in [0.25, 0.3) is 0 Å². The molecule has 0 heterocycles. The Kier molecular flexibility index (Phi) is 3.18. The molecule has 0 aromatic heterocycles. The van der Waals surface area contributed by atoms with Crippen molar-refractivity contribution < 1.29 is 9.90 Å². The summed E-state index contributed by atoms with van der Waals surface area (Å²) >= 11 is 0. The largest absolute Gasteiger partial charge is 0.507 e. The standard InChI is InChI=1S/C13H18O2/c1-5-9-6-7-11(14)10(8-9)12(15)13(2,3)4/h6-8,14H,5H2,1-4H3. The Bertz CT molecular complexity index is 373. The lowest BCUT2D eigenvalue weighted by Crippen LogP contribution is -2.20. The predicted octanol–water partition coefficient (Wildman–Crippen LogP) is 3.18. The Morgan fingerprint density at radius 3 is 2.40 bits per heavy atom. The first kappa shape index (κ1) is 11.8. The highest BCUT2D eigenvalue weighted by Gasteiger charge is 2.25. The molecule has 0 fully saturated rings. The second-order valence-electron chi connectivity index (χ2n) is 4.78. The van der Waals surface area contributed by atoms with Crippen molar-refractivity contribution in [3.8, 4) is 5.75 Å². The smallest absolute Gasteiger partial charge is 0.171 e. The van der Waals surface area contributed by atoms with Crippen LogP contribution in [0.5, 0.6) is 5.75 Å². The van der Waals surface area contributed by atoms with E-state index in [4.69, 9.17) is 0 Å². The summed E-state index contributed by atoms with van der Waals surface area (Å²) < 4.78 is 0. The van der Waals surface area contributed by atoms with Crippen LogP contribution >= 0.6 is 0 Å². The maximum atomic E-state index is 12.0. The van der Waals surface area contributed by atoms with Gasteiger partial charge in [-0.1, -0.05) is 33.8 Å². The van der Waals surface area contributed by atoms with Crippen molar-refractivity contribution in [2.24, 2.45) is 5.41 Å². The molecule has 2 nitrogen and oxygen atoms in total. The molecule has 0 saturated heterocycles. The number of aromatic hydroxyl groups is 1. The minimum absolute atomic E-state index is 0.0182. The highest BCUT2D eigenvalue weighted by Crippen LogP contribution is 2.27. The Morgan fingerprint density at radius 2 is 1.93 bits per heavy atom. The van der Waals surface area contributed by atoms with Crippen molar-refractivity contribution in [1.82, 2.24) is 0 Å². The molecule has 0 bridgehead atoms. The molecule has 0 atom stereocenters. The highest BCUT2D eigenvalue weighted by atomic mass is 16.3. The summed E-state index contributed by atoms with van der Waals surface area (Å²) in [6.45, 7) is 7.59. The number of aryl methyl sites for hydroxylation is 1. The molecule has 2 heteroatoms. The molecule has 1 rings (SSSR count). The molecule has 0 aliphatic rings. The molecule has 0 unspecified atom stereocenters. The number of phenols is 1. The van der Waals surface area contributed by atoms with Gasteiger partial charge < -0.3 is 5.11 Å². The average molecular weight is 206 g/mol. The van der Waals surface area contributed by atoms with E-state index in [1.54, 1.807) is 12.1 Å². The van der Waals surface area contributed by atoms with Crippen LogP contribution in [-0.2, 0) is 6.42 Å². The van der Waals surface area contributed by atoms with Crippen LogP contribution in [-0.4, -0.2) is 10.9 Å². The topological polar surface area (TPSA) is 37.3 Å². The number of Topliss-reactive ketones (excluding diaryl/α,β-unsaturated/α-hetero) is 1. The third-order valence-corrected chi connectivity index (χ3v) is 2.40. The van der Waals surface area contributed by atoms with E-state index in [-0.39, 0.29) is 11.5 Å². The van der Waals surface area contributed by atoms with Gasteiger partial charge >= 0.3 is 0 Å². The summed E-state index contributed by atoms with van der Waals surface area (Å²) in [4.78, 5) is 12.0. The van der Waals surface area contributed by atoms with Crippen molar-refractivity contribution >= 4 is 5.78 Å². The molecule has 0 aliphatic carbocycles. The molecule has 1 aromatic rings. The molecule has 1 aromatic carbocycles. The first-order valence-electron chi connectivity index (χ1n) is 5.23. The Hall–Kier alpha value is -1.31. The fourth-order valence-electron chi connectivity index (χ4n) is 1.39. The van der Waals surface area contributed by atoms with Gasteiger partial charge in [0.1, 0.15) is 5.75 Å². The number of rotatable bonds is 2. The third kappa shape index (κ3) is 2.58. The number of phenolic OH excluding ortho intramolecular Hbond substituents is 1. The quantitative estimate of drug-likeness (QED) is 0.754. The fourth-order valence-corrected chi connectivity index (χ4v) is 1.39. The van der Waals surface area contributed by atoms with Gasteiger partial charge in [0.2, 0.25) is 0 Å². The fraction of sp³-hybridized carbons (Fsp3) is 0.462. The summed E-state index contributed by atoms with van der Waals surface area (Å²) in [5.41, 5.74) is 1.05. The molecule has 0 saturated carbocycles. The van der Waals surface area contributed by atoms with Gasteiger partial charge in [0.05, 0.1) is 5.56 Å². The summed E-state index contributed by atoms with van der Waals surface area (Å²) in [6, 6.07) is 5.22. The predicted molar refractivity (Wildman–Crippen MR) is 61.3 cm³/mol. The van der Waals surface area contributed by atoms with E-state index in [9.17, 15) is 9.90 Å². The number of carbonyl (C=O) groups excluding carboxylic acids is 1. The second kappa shape index (κ2) is 4.05. The number of carbonyl (C=O) groups is 1. The minimum atomic E-state index is -0.455. The summed E-state index contributed by atoms with van der Waals surface area (Å²) in [6.07, 6.45) is 0.866. The van der Waals surface area contributed by atoms with Crippen molar-refractivity contribution in [3.05, 3.63) is 29.3 Å². The van der Waals surface area contributed by atoms with Crippen LogP contribution in [0.15, 0.2) is 18.2 Å². The van der Waals surface area contributed by atoms with Gasteiger partial charge in [0.15, 0.2) is 5.78 Å². The molecule has 0 radical (unpaired) electrons. The Labute approximate surface area is 90.9 Å². The Balaban J connectivity index is 3.19. The van der Waals surface area contributed by atoms with Crippen LogP contribution in [0.2, 0.25) is 0 Å². The molecule has 15 heavy (non-hydrogen) atoms. The lowest BCUT2D eigenvalue weighted by molar-refractivity contribution is 0.0855. The van der Waals surface area contributed by atoms with Gasteiger partial charge in [0, 0.05) is 5.41 Å². The number of ketones is 1. The van der Waals surface area contributed by atoms with Crippen LogP contribution in [0.1, 0.15) is 43.6 Å². The van der Waals surface area contributed by atoms with Gasteiger partial charge in [-0.3, -0.25) is 4.79 Å². The zero-order valence-corrected chi connectivity index (χ0v) is 9.79. The first-order chi connectivity index (χ1) is 6.86. The molecule has 0 amide bonds.